The predicted octanol–water partition coefficient (Wildman–Crippen LogP) is 15.0. The van der Waals surface area contributed by atoms with Crippen LogP contribution in [0.3, 0.4) is 0 Å². The maximum atomic E-state index is 4.69. The summed E-state index contributed by atoms with van der Waals surface area (Å²) in [7, 11) is 0. The van der Waals surface area contributed by atoms with Gasteiger partial charge >= 0.3 is 0 Å². The Morgan fingerprint density at radius 3 is 2.13 bits per heavy atom. The number of hydrogen-bond donors (Lipinski definition) is 0. The molecule has 0 saturated heterocycles. The second-order valence-corrected chi connectivity index (χ2v) is 15.9. The highest BCUT2D eigenvalue weighted by molar-refractivity contribution is 5.63. The standard InChI is InChI=1S/C47H68/c1-12-20-40(13-2)21-16-14-19-24-46(43-28-26-42(27-29-43)41-22-17-15-18-23-41)39(8)38(7)37(6)31-35(4)36(5)32-44-33-45(47(9,10)11)30-25-34(44)3/h15,17-18,22-23,26-29,32,39-40,45-46H,3,6-7,12-14,16,19-21,24-25,30-31,33H2,1-2,4-5,8-11H3/b36-35+,44-32-/t39-,40?,45-,46-/m0/s1. The molecule has 1 unspecified atom stereocenters. The number of unbranched alkanes of at least 4 members (excludes halogenated alkanes) is 2. The lowest BCUT2D eigenvalue weighted by Gasteiger charge is -2.36. The Hall–Kier alpha value is -2.86. The number of hydrogen-bond acceptors (Lipinski definition) is 0. The molecule has 0 amide bonds. The normalized spacial score (nSPS) is 18.9. The van der Waals surface area contributed by atoms with Gasteiger partial charge in [-0.05, 0) is 108 Å². The van der Waals surface area contributed by atoms with Crippen LogP contribution in [0.2, 0.25) is 0 Å². The molecule has 0 N–H and O–H groups in total. The van der Waals surface area contributed by atoms with E-state index < -0.39 is 0 Å². The summed E-state index contributed by atoms with van der Waals surface area (Å²) < 4.78 is 0. The zero-order valence-corrected chi connectivity index (χ0v) is 31.7. The molecule has 1 saturated carbocycles. The highest BCUT2D eigenvalue weighted by atomic mass is 14.3. The highest BCUT2D eigenvalue weighted by Gasteiger charge is 2.29. The molecule has 1 aliphatic carbocycles. The van der Waals surface area contributed by atoms with Gasteiger partial charge in [-0.25, -0.2) is 0 Å². The molecule has 47 heavy (non-hydrogen) atoms. The van der Waals surface area contributed by atoms with E-state index >= 15 is 0 Å². The van der Waals surface area contributed by atoms with Crippen molar-refractivity contribution < 1.29 is 0 Å². The van der Waals surface area contributed by atoms with E-state index in [0.29, 0.717) is 23.2 Å². The van der Waals surface area contributed by atoms with Gasteiger partial charge in [-0.3, -0.25) is 0 Å². The van der Waals surface area contributed by atoms with E-state index in [4.69, 9.17) is 6.58 Å². The Bertz CT molecular complexity index is 1350. The summed E-state index contributed by atoms with van der Waals surface area (Å²) in [5, 5.41) is 0. The molecule has 0 heteroatoms. The molecule has 1 fully saturated rings. The van der Waals surface area contributed by atoms with Gasteiger partial charge < -0.3 is 0 Å². The molecular formula is C47H68. The second-order valence-electron chi connectivity index (χ2n) is 15.9. The molecule has 3 rings (SSSR count). The molecule has 256 valence electrons. The molecule has 2 aromatic rings. The summed E-state index contributed by atoms with van der Waals surface area (Å²) in [5.41, 5.74) is 12.2. The van der Waals surface area contributed by atoms with E-state index in [1.807, 2.05) is 0 Å². The zero-order chi connectivity index (χ0) is 34.6. The third-order valence-corrected chi connectivity index (χ3v) is 11.4. The Labute approximate surface area is 291 Å². The van der Waals surface area contributed by atoms with Crippen LogP contribution in [0.1, 0.15) is 144 Å². The van der Waals surface area contributed by atoms with Crippen LogP contribution >= 0.6 is 0 Å². The summed E-state index contributed by atoms with van der Waals surface area (Å²) in [6.07, 6.45) is 17.3. The fourth-order valence-corrected chi connectivity index (χ4v) is 7.64. The number of rotatable bonds is 17. The smallest absolute Gasteiger partial charge is 0.00674 e. The van der Waals surface area contributed by atoms with Crippen molar-refractivity contribution in [3.05, 3.63) is 119 Å². The van der Waals surface area contributed by atoms with Gasteiger partial charge in [0.1, 0.15) is 0 Å². The van der Waals surface area contributed by atoms with Crippen LogP contribution in [-0.4, -0.2) is 0 Å². The van der Waals surface area contributed by atoms with Gasteiger partial charge in [0, 0.05) is 0 Å². The Morgan fingerprint density at radius 1 is 0.872 bits per heavy atom. The van der Waals surface area contributed by atoms with Crippen LogP contribution in [0.15, 0.2) is 114 Å². The molecule has 0 aromatic heterocycles. The van der Waals surface area contributed by atoms with Crippen LogP contribution in [0.5, 0.6) is 0 Å². The van der Waals surface area contributed by atoms with Gasteiger partial charge in [0.05, 0.1) is 0 Å². The topological polar surface area (TPSA) is 0 Å². The number of benzene rings is 2. The molecule has 0 spiro atoms. The van der Waals surface area contributed by atoms with Gasteiger partial charge in [-0.2, -0.15) is 0 Å². The largest absolute Gasteiger partial charge is 0.0956 e. The third kappa shape index (κ3) is 11.7. The molecule has 0 radical (unpaired) electrons. The maximum Gasteiger partial charge on any atom is -0.00674 e. The quantitative estimate of drug-likeness (QED) is 0.120. The van der Waals surface area contributed by atoms with Gasteiger partial charge in [-0.15, -0.1) is 0 Å². The molecule has 2 aromatic carbocycles. The lowest BCUT2D eigenvalue weighted by molar-refractivity contribution is 0.215. The molecule has 1 aliphatic rings. The van der Waals surface area contributed by atoms with Crippen molar-refractivity contribution in [3.8, 4) is 11.1 Å². The van der Waals surface area contributed by atoms with Gasteiger partial charge in [-0.1, -0.05) is 184 Å². The van der Waals surface area contributed by atoms with Crippen molar-refractivity contribution in [2.24, 2.45) is 23.2 Å². The van der Waals surface area contributed by atoms with E-state index in [-0.39, 0.29) is 0 Å². The summed E-state index contributed by atoms with van der Waals surface area (Å²) in [6, 6.07) is 20.1. The van der Waals surface area contributed by atoms with Crippen LogP contribution < -0.4 is 0 Å². The van der Waals surface area contributed by atoms with Crippen molar-refractivity contribution >= 4 is 0 Å². The van der Waals surface area contributed by atoms with E-state index in [9.17, 15) is 0 Å². The fraction of sp³-hybridized carbons (Fsp3) is 0.532. The fourth-order valence-electron chi connectivity index (χ4n) is 7.64. The molecular weight excluding hydrogens is 565 g/mol. The zero-order valence-electron chi connectivity index (χ0n) is 31.7. The van der Waals surface area contributed by atoms with Gasteiger partial charge in [0.15, 0.2) is 0 Å². The summed E-state index contributed by atoms with van der Waals surface area (Å²) in [5.74, 6) is 2.39. The minimum absolute atomic E-state index is 0.333. The average molecular weight is 633 g/mol. The molecule has 4 atom stereocenters. The van der Waals surface area contributed by atoms with E-state index in [0.717, 1.165) is 25.2 Å². The van der Waals surface area contributed by atoms with E-state index in [1.54, 1.807) is 0 Å². The lowest BCUT2D eigenvalue weighted by Crippen LogP contribution is -2.24. The maximum absolute atomic E-state index is 4.69. The Kier molecular flexibility index (Phi) is 15.3. The number of allylic oxidation sites excluding steroid dienone is 7. The van der Waals surface area contributed by atoms with Gasteiger partial charge in [0.2, 0.25) is 0 Å². The van der Waals surface area contributed by atoms with Crippen LogP contribution in [0.4, 0.5) is 0 Å². The first-order valence-corrected chi connectivity index (χ1v) is 18.9. The first-order valence-electron chi connectivity index (χ1n) is 18.9. The summed E-state index contributed by atoms with van der Waals surface area (Å²) in [6.45, 7) is 32.5. The average Bonchev–Trinajstić information content (AvgIpc) is 3.06. The van der Waals surface area contributed by atoms with Crippen molar-refractivity contribution in [2.75, 3.05) is 0 Å². The van der Waals surface area contributed by atoms with Crippen molar-refractivity contribution in [1.82, 2.24) is 0 Å². The van der Waals surface area contributed by atoms with Crippen molar-refractivity contribution in [3.63, 3.8) is 0 Å². The predicted molar refractivity (Wildman–Crippen MR) is 211 cm³/mol. The summed E-state index contributed by atoms with van der Waals surface area (Å²) >= 11 is 0. The molecule has 0 bridgehead atoms. The molecule has 0 heterocycles. The van der Waals surface area contributed by atoms with E-state index in [2.05, 4.69) is 129 Å². The molecule has 0 aliphatic heterocycles. The lowest BCUT2D eigenvalue weighted by atomic mass is 9.69. The first kappa shape index (κ1) is 38.6. The highest BCUT2D eigenvalue weighted by Crippen LogP contribution is 2.43. The second kappa shape index (κ2) is 18.6. The van der Waals surface area contributed by atoms with E-state index in [1.165, 1.54) is 108 Å². The van der Waals surface area contributed by atoms with Crippen molar-refractivity contribution in [2.45, 2.75) is 138 Å². The molecule has 0 nitrogen and oxygen atoms in total. The van der Waals surface area contributed by atoms with Crippen molar-refractivity contribution in [1.29, 1.82) is 0 Å². The van der Waals surface area contributed by atoms with Crippen LogP contribution in [0, 0.1) is 23.2 Å². The minimum Gasteiger partial charge on any atom is -0.0956 e. The minimum atomic E-state index is 0.333. The SMILES string of the molecule is C=C(C/C(C)=C(C)/C=C1/C[C@@H](C(C)(C)C)CCC1=C)C(=C)[C@H](C)[C@H](CCCCCC(CC)CCC)c1ccc(-c2ccccc2)cc1. The Morgan fingerprint density at radius 2 is 1.51 bits per heavy atom. The Balaban J connectivity index is 1.74. The first-order chi connectivity index (χ1) is 22.3. The summed E-state index contributed by atoms with van der Waals surface area (Å²) in [4.78, 5) is 0. The van der Waals surface area contributed by atoms with Crippen LogP contribution in [-0.2, 0) is 0 Å². The van der Waals surface area contributed by atoms with Crippen LogP contribution in [0.25, 0.3) is 11.1 Å². The monoisotopic (exact) mass is 633 g/mol. The van der Waals surface area contributed by atoms with Gasteiger partial charge in [0.25, 0.3) is 0 Å². The third-order valence-electron chi connectivity index (χ3n) is 11.4.